The topological polar surface area (TPSA) is 46.4 Å². The molecule has 4 rings (SSSR count). The lowest BCUT2D eigenvalue weighted by Crippen LogP contribution is -2.19. The van der Waals surface area contributed by atoms with Gasteiger partial charge in [0.1, 0.15) is 5.82 Å². The Balaban J connectivity index is 1.61. The molecule has 1 aliphatic heterocycles. The number of amidine groups is 1. The number of carbonyl (C=O) groups excluding carboxylic acids is 1. The Labute approximate surface area is 192 Å². The lowest BCUT2D eigenvalue weighted by Gasteiger charge is -2.20. The number of aryl methyl sites for hydroxylation is 1. The van der Waals surface area contributed by atoms with Crippen molar-refractivity contribution in [2.24, 2.45) is 4.99 Å². The molecule has 0 saturated carbocycles. The van der Waals surface area contributed by atoms with Crippen LogP contribution in [0.4, 0.5) is 10.1 Å². The highest BCUT2D eigenvalue weighted by molar-refractivity contribution is 8.18. The van der Waals surface area contributed by atoms with Gasteiger partial charge in [-0.05, 0) is 90.7 Å². The van der Waals surface area contributed by atoms with Gasteiger partial charge in [0.15, 0.2) is 5.17 Å². The van der Waals surface area contributed by atoms with Crippen molar-refractivity contribution in [3.05, 3.63) is 87.8 Å². The number of benzene rings is 2. The lowest BCUT2D eigenvalue weighted by atomic mass is 9.87. The van der Waals surface area contributed by atoms with E-state index in [1.807, 2.05) is 6.08 Å². The summed E-state index contributed by atoms with van der Waals surface area (Å²) in [6.45, 7) is 10.7. The van der Waals surface area contributed by atoms with Crippen molar-refractivity contribution in [1.29, 1.82) is 0 Å². The maximum Gasteiger partial charge on any atom is 0.264 e. The quantitative estimate of drug-likeness (QED) is 0.471. The summed E-state index contributed by atoms with van der Waals surface area (Å²) in [4.78, 5) is 17.5. The number of hydrogen-bond donors (Lipinski definition) is 1. The molecule has 6 heteroatoms. The van der Waals surface area contributed by atoms with Crippen LogP contribution in [-0.2, 0) is 10.2 Å². The Hall–Kier alpha value is -3.12. The number of nitrogens with one attached hydrogen (secondary N) is 1. The predicted molar refractivity (Wildman–Crippen MR) is 131 cm³/mol. The van der Waals surface area contributed by atoms with Crippen molar-refractivity contribution < 1.29 is 9.18 Å². The summed E-state index contributed by atoms with van der Waals surface area (Å²) in [5.41, 5.74) is 6.24. The lowest BCUT2D eigenvalue weighted by molar-refractivity contribution is -0.115. The maximum atomic E-state index is 13.1. The van der Waals surface area contributed by atoms with Gasteiger partial charge >= 0.3 is 0 Å². The summed E-state index contributed by atoms with van der Waals surface area (Å²) in [5, 5.41) is 3.27. The molecule has 32 heavy (non-hydrogen) atoms. The number of nitrogens with zero attached hydrogens (tertiary/aromatic N) is 2. The van der Waals surface area contributed by atoms with Crippen LogP contribution in [0.3, 0.4) is 0 Å². The standard InChI is InChI=1S/C26H26FN3OS/c1-16-14-18(17(2)30(16)22-12-6-19(7-13-22)26(3,4)5)15-23-24(31)29-25(32-23)28-21-10-8-20(27)9-11-21/h6-15H,1-5H3,(H,28,29,31). The first-order valence-corrected chi connectivity index (χ1v) is 11.3. The molecular weight excluding hydrogens is 421 g/mol. The molecule has 1 saturated heterocycles. The fraction of sp³-hybridized carbons (Fsp3) is 0.231. The Bertz CT molecular complexity index is 1230. The normalized spacial score (nSPS) is 16.8. The van der Waals surface area contributed by atoms with Crippen molar-refractivity contribution >= 4 is 34.6 Å². The Morgan fingerprint density at radius 2 is 1.69 bits per heavy atom. The van der Waals surface area contributed by atoms with Gasteiger partial charge in [-0.2, -0.15) is 0 Å². The number of amides is 1. The van der Waals surface area contributed by atoms with E-state index in [0.717, 1.165) is 22.6 Å². The van der Waals surface area contributed by atoms with Crippen LogP contribution < -0.4 is 5.32 Å². The minimum atomic E-state index is -0.318. The summed E-state index contributed by atoms with van der Waals surface area (Å²) >= 11 is 1.28. The summed E-state index contributed by atoms with van der Waals surface area (Å²) in [7, 11) is 0. The fourth-order valence-corrected chi connectivity index (χ4v) is 4.53. The summed E-state index contributed by atoms with van der Waals surface area (Å²) in [6.07, 6.45) is 1.90. The molecule has 0 unspecified atom stereocenters. The van der Waals surface area contributed by atoms with Gasteiger partial charge in [0.2, 0.25) is 0 Å². The number of carbonyl (C=O) groups is 1. The molecule has 1 aromatic heterocycles. The second kappa shape index (κ2) is 8.43. The Kier molecular flexibility index (Phi) is 5.82. The number of aliphatic imine (C=N–C) groups is 1. The van der Waals surface area contributed by atoms with Crippen molar-refractivity contribution in [2.75, 3.05) is 0 Å². The summed E-state index contributed by atoms with van der Waals surface area (Å²) in [5.74, 6) is -0.503. The molecule has 0 radical (unpaired) electrons. The second-order valence-corrected chi connectivity index (χ2v) is 9.95. The molecule has 3 aromatic rings. The summed E-state index contributed by atoms with van der Waals surface area (Å²) < 4.78 is 15.3. The van der Waals surface area contributed by atoms with Gasteiger partial charge in [0.25, 0.3) is 5.91 Å². The van der Waals surface area contributed by atoms with E-state index in [1.165, 1.54) is 29.5 Å². The number of rotatable bonds is 3. The van der Waals surface area contributed by atoms with Crippen LogP contribution >= 0.6 is 11.8 Å². The molecule has 0 atom stereocenters. The van der Waals surface area contributed by atoms with E-state index in [2.05, 4.69) is 79.8 Å². The molecular formula is C26H26FN3OS. The van der Waals surface area contributed by atoms with Crippen molar-refractivity contribution in [3.63, 3.8) is 0 Å². The maximum absolute atomic E-state index is 13.1. The SMILES string of the molecule is Cc1cc(C=C2SC(=Nc3ccc(F)cc3)NC2=O)c(C)n1-c1ccc(C(C)(C)C)cc1. The van der Waals surface area contributed by atoms with E-state index in [9.17, 15) is 9.18 Å². The van der Waals surface area contributed by atoms with Crippen LogP contribution in [0, 0.1) is 19.7 Å². The van der Waals surface area contributed by atoms with Gasteiger partial charge in [0, 0.05) is 17.1 Å². The highest BCUT2D eigenvalue weighted by Crippen LogP contribution is 2.31. The van der Waals surface area contributed by atoms with Crippen LogP contribution in [-0.4, -0.2) is 15.6 Å². The first kappa shape index (κ1) is 22.1. The number of thioether (sulfide) groups is 1. The van der Waals surface area contributed by atoms with Gasteiger partial charge in [-0.15, -0.1) is 0 Å². The van der Waals surface area contributed by atoms with Crippen LogP contribution in [0.15, 0.2) is 64.5 Å². The highest BCUT2D eigenvalue weighted by atomic mass is 32.2. The van der Waals surface area contributed by atoms with Gasteiger partial charge < -0.3 is 9.88 Å². The van der Waals surface area contributed by atoms with E-state index in [1.54, 1.807) is 12.1 Å². The van der Waals surface area contributed by atoms with E-state index < -0.39 is 0 Å². The van der Waals surface area contributed by atoms with Crippen molar-refractivity contribution in [3.8, 4) is 5.69 Å². The minimum Gasteiger partial charge on any atom is -0.318 e. The molecule has 164 valence electrons. The molecule has 0 aliphatic carbocycles. The molecule has 1 amide bonds. The second-order valence-electron chi connectivity index (χ2n) is 8.92. The summed E-state index contributed by atoms with van der Waals surface area (Å²) in [6, 6.07) is 16.6. The third kappa shape index (κ3) is 4.55. The molecule has 2 heterocycles. The van der Waals surface area contributed by atoms with E-state index >= 15 is 0 Å². The van der Waals surface area contributed by atoms with Crippen LogP contribution in [0.25, 0.3) is 11.8 Å². The van der Waals surface area contributed by atoms with Gasteiger partial charge in [-0.25, -0.2) is 9.38 Å². The number of halogens is 1. The van der Waals surface area contributed by atoms with Crippen LogP contribution in [0.2, 0.25) is 0 Å². The van der Waals surface area contributed by atoms with E-state index in [-0.39, 0.29) is 17.1 Å². The smallest absolute Gasteiger partial charge is 0.264 e. The van der Waals surface area contributed by atoms with Gasteiger partial charge in [-0.1, -0.05) is 32.9 Å². The average Bonchev–Trinajstić information content (AvgIpc) is 3.21. The molecule has 4 nitrogen and oxygen atoms in total. The zero-order valence-corrected chi connectivity index (χ0v) is 19.7. The predicted octanol–water partition coefficient (Wildman–Crippen LogP) is 6.42. The van der Waals surface area contributed by atoms with Gasteiger partial charge in [-0.3, -0.25) is 4.79 Å². The number of aromatic nitrogens is 1. The zero-order chi connectivity index (χ0) is 23.0. The first-order valence-electron chi connectivity index (χ1n) is 10.5. The molecule has 2 aromatic carbocycles. The molecule has 0 bridgehead atoms. The van der Waals surface area contributed by atoms with Gasteiger partial charge in [0.05, 0.1) is 10.6 Å². The third-order valence-corrected chi connectivity index (χ3v) is 6.37. The molecule has 1 aliphatic rings. The van der Waals surface area contributed by atoms with Crippen molar-refractivity contribution in [1.82, 2.24) is 9.88 Å². The minimum absolute atomic E-state index is 0.106. The van der Waals surface area contributed by atoms with E-state index in [0.29, 0.717) is 15.8 Å². The van der Waals surface area contributed by atoms with Crippen molar-refractivity contribution in [2.45, 2.75) is 40.0 Å². The zero-order valence-electron chi connectivity index (χ0n) is 18.9. The monoisotopic (exact) mass is 447 g/mol. The van der Waals surface area contributed by atoms with E-state index in [4.69, 9.17) is 0 Å². The average molecular weight is 448 g/mol. The Morgan fingerprint density at radius 1 is 1.03 bits per heavy atom. The fourth-order valence-electron chi connectivity index (χ4n) is 3.70. The molecule has 1 fully saturated rings. The number of hydrogen-bond acceptors (Lipinski definition) is 3. The highest BCUT2D eigenvalue weighted by Gasteiger charge is 2.24. The first-order chi connectivity index (χ1) is 15.1. The largest absolute Gasteiger partial charge is 0.318 e. The Morgan fingerprint density at radius 3 is 2.31 bits per heavy atom. The molecule has 1 N–H and O–H groups in total. The molecule has 0 spiro atoms. The van der Waals surface area contributed by atoms with Crippen LogP contribution in [0.1, 0.15) is 43.3 Å². The third-order valence-electron chi connectivity index (χ3n) is 5.46. The van der Waals surface area contributed by atoms with Crippen LogP contribution in [0.5, 0.6) is 0 Å².